The van der Waals surface area contributed by atoms with Crippen molar-refractivity contribution in [3.63, 3.8) is 0 Å². The molecule has 0 spiro atoms. The van der Waals surface area contributed by atoms with Crippen molar-refractivity contribution in [2.24, 2.45) is 0 Å². The first-order valence-corrected chi connectivity index (χ1v) is 11.7. The van der Waals surface area contributed by atoms with Crippen molar-refractivity contribution in [1.29, 1.82) is 0 Å². The third-order valence-corrected chi connectivity index (χ3v) is 6.44. The molecule has 2 aromatic rings. The Balaban J connectivity index is 1.72. The molecule has 0 bridgehead atoms. The van der Waals surface area contributed by atoms with E-state index < -0.39 is 6.04 Å². The number of benzene rings is 2. The molecule has 0 heterocycles. The van der Waals surface area contributed by atoms with E-state index in [1.54, 1.807) is 11.8 Å². The van der Waals surface area contributed by atoms with E-state index >= 15 is 0 Å². The lowest BCUT2D eigenvalue weighted by atomic mass is 10.1. The molecule has 166 valence electrons. The molecule has 5 nitrogen and oxygen atoms in total. The lowest BCUT2D eigenvalue weighted by Gasteiger charge is -2.29. The van der Waals surface area contributed by atoms with Crippen molar-refractivity contribution in [3.05, 3.63) is 63.6 Å². The van der Waals surface area contributed by atoms with E-state index in [0.29, 0.717) is 12.3 Å². The maximum absolute atomic E-state index is 13.2. The van der Waals surface area contributed by atoms with Gasteiger partial charge < -0.3 is 15.0 Å². The van der Waals surface area contributed by atoms with Crippen LogP contribution in [0.15, 0.2) is 46.9 Å². The molecule has 2 aromatic carbocycles. The predicted octanol–water partition coefficient (Wildman–Crippen LogP) is 4.92. The van der Waals surface area contributed by atoms with E-state index in [9.17, 15) is 9.59 Å². The maximum atomic E-state index is 13.2. The van der Waals surface area contributed by atoms with E-state index in [-0.39, 0.29) is 24.5 Å². The van der Waals surface area contributed by atoms with Gasteiger partial charge in [-0.05, 0) is 74.6 Å². The number of hydrogen-bond donors (Lipinski definition) is 1. The van der Waals surface area contributed by atoms with Crippen LogP contribution in [0.1, 0.15) is 49.3 Å². The molecule has 1 aliphatic rings. The fourth-order valence-electron chi connectivity index (χ4n) is 3.84. The average Bonchev–Trinajstić information content (AvgIpc) is 3.25. The van der Waals surface area contributed by atoms with Gasteiger partial charge in [0.05, 0.1) is 0 Å². The van der Waals surface area contributed by atoms with E-state index in [1.807, 2.05) is 56.3 Å². The first-order valence-electron chi connectivity index (χ1n) is 10.9. The van der Waals surface area contributed by atoms with Crippen LogP contribution in [-0.2, 0) is 16.1 Å². The molecule has 1 N–H and O–H groups in total. The van der Waals surface area contributed by atoms with E-state index in [2.05, 4.69) is 21.2 Å². The van der Waals surface area contributed by atoms with Crippen LogP contribution in [0.3, 0.4) is 0 Å². The highest BCUT2D eigenvalue weighted by molar-refractivity contribution is 9.10. The summed E-state index contributed by atoms with van der Waals surface area (Å²) in [7, 11) is 0. The van der Waals surface area contributed by atoms with Gasteiger partial charge in [0.2, 0.25) is 5.91 Å². The molecule has 0 saturated heterocycles. The Labute approximate surface area is 193 Å². The Morgan fingerprint density at radius 2 is 1.87 bits per heavy atom. The highest BCUT2D eigenvalue weighted by Gasteiger charge is 2.28. The number of carbonyl (C=O) groups is 2. The van der Waals surface area contributed by atoms with Crippen LogP contribution in [-0.4, -0.2) is 35.4 Å². The summed E-state index contributed by atoms with van der Waals surface area (Å²) in [6, 6.07) is 13.2. The highest BCUT2D eigenvalue weighted by atomic mass is 79.9. The van der Waals surface area contributed by atoms with Gasteiger partial charge in [-0.2, -0.15) is 0 Å². The van der Waals surface area contributed by atoms with Gasteiger partial charge >= 0.3 is 0 Å². The van der Waals surface area contributed by atoms with Gasteiger partial charge in [0.15, 0.2) is 6.61 Å². The molecule has 0 aliphatic heterocycles. The van der Waals surface area contributed by atoms with E-state index in [1.165, 1.54) is 5.56 Å². The Kier molecular flexibility index (Phi) is 8.13. The lowest BCUT2D eigenvalue weighted by molar-refractivity contribution is -0.142. The number of nitrogens with zero attached hydrogens (tertiary/aromatic N) is 1. The third kappa shape index (κ3) is 6.57. The van der Waals surface area contributed by atoms with Crippen LogP contribution in [0.4, 0.5) is 0 Å². The number of carbonyl (C=O) groups excluding carboxylic acids is 2. The molecule has 31 heavy (non-hydrogen) atoms. The van der Waals surface area contributed by atoms with Crippen molar-refractivity contribution in [2.45, 2.75) is 65.1 Å². The molecule has 2 amide bonds. The zero-order chi connectivity index (χ0) is 22.4. The van der Waals surface area contributed by atoms with Gasteiger partial charge in [0.25, 0.3) is 5.91 Å². The summed E-state index contributed by atoms with van der Waals surface area (Å²) in [4.78, 5) is 27.7. The minimum atomic E-state index is -0.588. The quantitative estimate of drug-likeness (QED) is 0.575. The molecule has 1 atom stereocenters. The summed E-state index contributed by atoms with van der Waals surface area (Å²) in [5.74, 6) is 0.329. The SMILES string of the molecule is Cc1ccc(OCC(=O)N(Cc2cccc(Br)c2)[C@H](C)C(=O)NC2CCCC2)cc1C. The second-order valence-electron chi connectivity index (χ2n) is 8.35. The summed E-state index contributed by atoms with van der Waals surface area (Å²) < 4.78 is 6.71. The second-order valence-corrected chi connectivity index (χ2v) is 9.27. The monoisotopic (exact) mass is 486 g/mol. The zero-order valence-corrected chi connectivity index (χ0v) is 20.1. The normalized spacial score (nSPS) is 14.8. The number of halogens is 1. The molecule has 0 unspecified atom stereocenters. The Morgan fingerprint density at radius 3 is 2.55 bits per heavy atom. The summed E-state index contributed by atoms with van der Waals surface area (Å²) in [5, 5.41) is 3.12. The van der Waals surface area contributed by atoms with Crippen molar-refractivity contribution in [2.75, 3.05) is 6.61 Å². The smallest absolute Gasteiger partial charge is 0.261 e. The Hall–Kier alpha value is -2.34. The van der Waals surface area contributed by atoms with Crippen molar-refractivity contribution in [3.8, 4) is 5.75 Å². The van der Waals surface area contributed by atoms with Crippen molar-refractivity contribution >= 4 is 27.7 Å². The second kappa shape index (κ2) is 10.8. The topological polar surface area (TPSA) is 58.6 Å². The van der Waals surface area contributed by atoms with Gasteiger partial charge in [0.1, 0.15) is 11.8 Å². The van der Waals surface area contributed by atoms with E-state index in [4.69, 9.17) is 4.74 Å². The average molecular weight is 487 g/mol. The van der Waals surface area contributed by atoms with Crippen LogP contribution in [0.25, 0.3) is 0 Å². The number of amides is 2. The molecule has 1 aliphatic carbocycles. The molecule has 6 heteroatoms. The Bertz CT molecular complexity index is 925. The summed E-state index contributed by atoms with van der Waals surface area (Å²) >= 11 is 3.48. The van der Waals surface area contributed by atoms with Crippen LogP contribution in [0.5, 0.6) is 5.75 Å². The number of nitrogens with one attached hydrogen (secondary N) is 1. The number of rotatable bonds is 8. The predicted molar refractivity (Wildman–Crippen MR) is 126 cm³/mol. The summed E-state index contributed by atoms with van der Waals surface area (Å²) in [6.07, 6.45) is 4.30. The Morgan fingerprint density at radius 1 is 1.13 bits per heavy atom. The van der Waals surface area contributed by atoms with Gasteiger partial charge in [-0.1, -0.05) is 47.0 Å². The van der Waals surface area contributed by atoms with Crippen LogP contribution in [0, 0.1) is 13.8 Å². The fraction of sp³-hybridized carbons (Fsp3) is 0.440. The zero-order valence-electron chi connectivity index (χ0n) is 18.5. The van der Waals surface area contributed by atoms with Gasteiger partial charge in [-0.15, -0.1) is 0 Å². The number of aryl methyl sites for hydroxylation is 2. The minimum absolute atomic E-state index is 0.110. The van der Waals surface area contributed by atoms with E-state index in [0.717, 1.165) is 41.3 Å². The van der Waals surface area contributed by atoms with Gasteiger partial charge in [0, 0.05) is 17.1 Å². The number of hydrogen-bond acceptors (Lipinski definition) is 3. The lowest BCUT2D eigenvalue weighted by Crippen LogP contribution is -2.50. The van der Waals surface area contributed by atoms with Gasteiger partial charge in [-0.3, -0.25) is 9.59 Å². The molecule has 3 rings (SSSR count). The molecule has 0 aromatic heterocycles. The molecular weight excluding hydrogens is 456 g/mol. The van der Waals surface area contributed by atoms with Crippen molar-refractivity contribution < 1.29 is 14.3 Å². The molecule has 1 saturated carbocycles. The molecule has 0 radical (unpaired) electrons. The van der Waals surface area contributed by atoms with Crippen molar-refractivity contribution in [1.82, 2.24) is 10.2 Å². The minimum Gasteiger partial charge on any atom is -0.484 e. The van der Waals surface area contributed by atoms with Gasteiger partial charge in [-0.25, -0.2) is 0 Å². The fourth-order valence-corrected chi connectivity index (χ4v) is 4.28. The van der Waals surface area contributed by atoms with Crippen LogP contribution < -0.4 is 10.1 Å². The standard InChI is InChI=1S/C25H31BrN2O3/c1-17-11-12-23(13-18(17)2)31-16-24(29)28(15-20-7-6-8-21(26)14-20)19(3)25(30)27-22-9-4-5-10-22/h6-8,11-14,19,22H,4-5,9-10,15-16H2,1-3H3,(H,27,30)/t19-/m1/s1. The van der Waals surface area contributed by atoms with Crippen LogP contribution >= 0.6 is 15.9 Å². The maximum Gasteiger partial charge on any atom is 0.261 e. The summed E-state index contributed by atoms with van der Waals surface area (Å²) in [6.45, 7) is 6.06. The number of ether oxygens (including phenoxy) is 1. The highest BCUT2D eigenvalue weighted by Crippen LogP contribution is 2.20. The van der Waals surface area contributed by atoms with Crippen LogP contribution in [0.2, 0.25) is 0 Å². The molecule has 1 fully saturated rings. The first kappa shape index (κ1) is 23.3. The largest absolute Gasteiger partial charge is 0.484 e. The summed E-state index contributed by atoms with van der Waals surface area (Å²) in [5.41, 5.74) is 3.24. The first-order chi connectivity index (χ1) is 14.8. The third-order valence-electron chi connectivity index (χ3n) is 5.95. The molecular formula is C25H31BrN2O3.